The number of nitrogens with zero attached hydrogens (tertiary/aromatic N) is 3. The molecule has 138 valence electrons. The Morgan fingerprint density at radius 1 is 1.04 bits per heavy atom. The first-order valence-corrected chi connectivity index (χ1v) is 9.33. The van der Waals surface area contributed by atoms with Gasteiger partial charge in [0.15, 0.2) is 0 Å². The Hall–Kier alpha value is -2.79. The molecule has 0 aliphatic carbocycles. The van der Waals surface area contributed by atoms with Crippen molar-refractivity contribution in [2.24, 2.45) is 0 Å². The first-order chi connectivity index (χ1) is 13.1. The van der Waals surface area contributed by atoms with Gasteiger partial charge < -0.3 is 14.3 Å². The molecule has 27 heavy (non-hydrogen) atoms. The fraction of sp³-hybridized carbons (Fsp3) is 0.238. The summed E-state index contributed by atoms with van der Waals surface area (Å²) in [6.07, 6.45) is 0. The summed E-state index contributed by atoms with van der Waals surface area (Å²) in [6, 6.07) is 17.5. The summed E-state index contributed by atoms with van der Waals surface area (Å²) in [6.45, 7) is 4.59. The van der Waals surface area contributed by atoms with Gasteiger partial charge in [0.2, 0.25) is 0 Å². The molecule has 0 bridgehead atoms. The van der Waals surface area contributed by atoms with Crippen molar-refractivity contribution < 1.29 is 9.32 Å². The summed E-state index contributed by atoms with van der Waals surface area (Å²) >= 11 is 6.10. The van der Waals surface area contributed by atoms with E-state index in [0.29, 0.717) is 30.1 Å². The van der Waals surface area contributed by atoms with Gasteiger partial charge in [0.25, 0.3) is 5.91 Å². The van der Waals surface area contributed by atoms with E-state index in [1.807, 2.05) is 59.5 Å². The van der Waals surface area contributed by atoms with Gasteiger partial charge in [0.1, 0.15) is 17.0 Å². The highest BCUT2D eigenvalue weighted by Crippen LogP contribution is 2.27. The zero-order valence-electron chi connectivity index (χ0n) is 15.1. The monoisotopic (exact) mass is 381 g/mol. The highest BCUT2D eigenvalue weighted by atomic mass is 35.5. The van der Waals surface area contributed by atoms with E-state index in [4.69, 9.17) is 16.1 Å². The third kappa shape index (κ3) is 3.55. The Labute approximate surface area is 163 Å². The Bertz CT molecular complexity index is 947. The van der Waals surface area contributed by atoms with Crippen molar-refractivity contribution in [3.8, 4) is 11.3 Å². The number of hydrogen-bond acceptors (Lipinski definition) is 4. The van der Waals surface area contributed by atoms with Gasteiger partial charge in [-0.1, -0.05) is 53.2 Å². The largest absolute Gasteiger partial charge is 0.368 e. The molecule has 2 heterocycles. The lowest BCUT2D eigenvalue weighted by Gasteiger charge is -2.36. The topological polar surface area (TPSA) is 49.6 Å². The highest BCUT2D eigenvalue weighted by molar-refractivity contribution is 6.30. The fourth-order valence-electron chi connectivity index (χ4n) is 3.42. The van der Waals surface area contributed by atoms with Crippen molar-refractivity contribution in [2.45, 2.75) is 6.92 Å². The molecule has 2 aromatic carbocycles. The van der Waals surface area contributed by atoms with Crippen molar-refractivity contribution in [1.29, 1.82) is 0 Å². The summed E-state index contributed by atoms with van der Waals surface area (Å²) in [5, 5.41) is 4.85. The number of aryl methyl sites for hydroxylation is 1. The Morgan fingerprint density at radius 2 is 1.78 bits per heavy atom. The molecule has 1 aliphatic rings. The van der Waals surface area contributed by atoms with E-state index in [1.54, 1.807) is 6.92 Å². The van der Waals surface area contributed by atoms with E-state index in [9.17, 15) is 4.79 Å². The number of carbonyl (C=O) groups is 1. The van der Waals surface area contributed by atoms with Crippen molar-refractivity contribution in [1.82, 2.24) is 10.1 Å². The number of rotatable bonds is 3. The molecule has 1 amide bonds. The van der Waals surface area contributed by atoms with Crippen LogP contribution in [0, 0.1) is 6.92 Å². The number of aromatic nitrogens is 1. The number of amides is 1. The van der Waals surface area contributed by atoms with Gasteiger partial charge in [-0.15, -0.1) is 0 Å². The summed E-state index contributed by atoms with van der Waals surface area (Å²) in [5.74, 6) is 0.523. The van der Waals surface area contributed by atoms with Gasteiger partial charge >= 0.3 is 0 Å². The molecule has 0 N–H and O–H groups in total. The number of halogens is 1. The number of carbonyl (C=O) groups excluding carboxylic acids is 1. The van der Waals surface area contributed by atoms with Gasteiger partial charge in [-0.25, -0.2) is 0 Å². The minimum absolute atomic E-state index is 0.0293. The quantitative estimate of drug-likeness (QED) is 0.680. The molecule has 5 nitrogen and oxygen atoms in total. The van der Waals surface area contributed by atoms with Crippen LogP contribution in [-0.4, -0.2) is 42.1 Å². The van der Waals surface area contributed by atoms with E-state index in [0.717, 1.165) is 29.4 Å². The van der Waals surface area contributed by atoms with Crippen LogP contribution in [0.1, 0.15) is 16.1 Å². The van der Waals surface area contributed by atoms with E-state index in [2.05, 4.69) is 10.1 Å². The third-order valence-corrected chi connectivity index (χ3v) is 5.10. The SMILES string of the molecule is Cc1onc(-c2ccccc2)c1C(=O)N1CCN(c2cccc(Cl)c2)CC1. The van der Waals surface area contributed by atoms with E-state index in [1.165, 1.54) is 0 Å². The van der Waals surface area contributed by atoms with E-state index < -0.39 is 0 Å². The number of hydrogen-bond donors (Lipinski definition) is 0. The molecule has 0 spiro atoms. The van der Waals surface area contributed by atoms with E-state index >= 15 is 0 Å². The Morgan fingerprint density at radius 3 is 2.48 bits per heavy atom. The molecule has 4 rings (SSSR count). The first kappa shape index (κ1) is 17.6. The number of piperazine rings is 1. The minimum Gasteiger partial charge on any atom is -0.368 e. The first-order valence-electron chi connectivity index (χ1n) is 8.95. The Kier molecular flexibility index (Phi) is 4.86. The summed E-state index contributed by atoms with van der Waals surface area (Å²) in [7, 11) is 0. The van der Waals surface area contributed by atoms with Crippen LogP contribution >= 0.6 is 11.6 Å². The molecule has 1 saturated heterocycles. The van der Waals surface area contributed by atoms with Crippen LogP contribution in [0.4, 0.5) is 5.69 Å². The summed E-state index contributed by atoms with van der Waals surface area (Å²) in [5.41, 5.74) is 3.13. The molecule has 6 heteroatoms. The lowest BCUT2D eigenvalue weighted by atomic mass is 10.0. The van der Waals surface area contributed by atoms with Crippen LogP contribution in [-0.2, 0) is 0 Å². The summed E-state index contributed by atoms with van der Waals surface area (Å²) in [4.78, 5) is 17.3. The van der Waals surface area contributed by atoms with Gasteiger partial charge in [-0.3, -0.25) is 4.79 Å². The van der Waals surface area contributed by atoms with Gasteiger partial charge in [0.05, 0.1) is 0 Å². The third-order valence-electron chi connectivity index (χ3n) is 4.86. The molecule has 0 saturated carbocycles. The Balaban J connectivity index is 1.51. The van der Waals surface area contributed by atoms with Crippen molar-refractivity contribution in [3.63, 3.8) is 0 Å². The van der Waals surface area contributed by atoms with Crippen molar-refractivity contribution >= 4 is 23.2 Å². The zero-order chi connectivity index (χ0) is 18.8. The number of anilines is 1. The predicted octanol–water partition coefficient (Wildman–Crippen LogP) is 4.27. The maximum atomic E-state index is 13.2. The molecule has 3 aromatic rings. The maximum Gasteiger partial charge on any atom is 0.259 e. The van der Waals surface area contributed by atoms with Crippen molar-refractivity contribution in [2.75, 3.05) is 31.1 Å². The molecular formula is C21H20ClN3O2. The molecule has 1 aromatic heterocycles. The van der Waals surface area contributed by atoms with Crippen LogP contribution in [0.3, 0.4) is 0 Å². The molecule has 0 atom stereocenters. The lowest BCUT2D eigenvalue weighted by molar-refractivity contribution is 0.0745. The van der Waals surface area contributed by atoms with Gasteiger partial charge in [-0.2, -0.15) is 0 Å². The molecular weight excluding hydrogens is 362 g/mol. The minimum atomic E-state index is -0.0293. The summed E-state index contributed by atoms with van der Waals surface area (Å²) < 4.78 is 5.34. The average molecular weight is 382 g/mol. The van der Waals surface area contributed by atoms with Crippen LogP contribution in [0.2, 0.25) is 5.02 Å². The number of benzene rings is 2. The second-order valence-corrected chi connectivity index (χ2v) is 7.02. The second-order valence-electron chi connectivity index (χ2n) is 6.59. The molecule has 0 unspecified atom stereocenters. The normalized spacial score (nSPS) is 14.4. The molecule has 1 fully saturated rings. The predicted molar refractivity (Wildman–Crippen MR) is 106 cm³/mol. The van der Waals surface area contributed by atoms with Crippen LogP contribution in [0.15, 0.2) is 59.1 Å². The smallest absolute Gasteiger partial charge is 0.259 e. The standard InChI is InChI=1S/C21H20ClN3O2/c1-15-19(20(23-27-15)16-6-3-2-4-7-16)21(26)25-12-10-24(11-13-25)18-9-5-8-17(22)14-18/h2-9,14H,10-13H2,1H3. The molecule has 0 radical (unpaired) electrons. The fourth-order valence-corrected chi connectivity index (χ4v) is 3.60. The van der Waals surface area contributed by atoms with Crippen LogP contribution in [0.5, 0.6) is 0 Å². The van der Waals surface area contributed by atoms with Crippen LogP contribution in [0.25, 0.3) is 11.3 Å². The van der Waals surface area contributed by atoms with Gasteiger partial charge in [0, 0.05) is 42.5 Å². The zero-order valence-corrected chi connectivity index (χ0v) is 15.8. The van der Waals surface area contributed by atoms with Crippen molar-refractivity contribution in [3.05, 3.63) is 70.9 Å². The lowest BCUT2D eigenvalue weighted by Crippen LogP contribution is -2.49. The average Bonchev–Trinajstić information content (AvgIpc) is 3.10. The van der Waals surface area contributed by atoms with Gasteiger partial charge in [-0.05, 0) is 25.1 Å². The second kappa shape index (κ2) is 7.45. The maximum absolute atomic E-state index is 13.2. The molecule has 1 aliphatic heterocycles. The van der Waals surface area contributed by atoms with E-state index in [-0.39, 0.29) is 5.91 Å². The highest BCUT2D eigenvalue weighted by Gasteiger charge is 2.28. The van der Waals surface area contributed by atoms with Crippen LogP contribution < -0.4 is 4.90 Å².